The van der Waals surface area contributed by atoms with Crippen LogP contribution in [0.4, 0.5) is 22.0 Å². The number of aryl methyl sites for hydroxylation is 2. The topological polar surface area (TPSA) is 84.1 Å². The van der Waals surface area contributed by atoms with E-state index in [-0.39, 0.29) is 5.24 Å². The molecule has 0 saturated heterocycles. The van der Waals surface area contributed by atoms with E-state index in [0.717, 1.165) is 41.7 Å². The molecular weight excluding hydrogens is 310 g/mol. The first-order valence-corrected chi connectivity index (χ1v) is 8.61. The van der Waals surface area contributed by atoms with Crippen molar-refractivity contribution < 1.29 is 4.79 Å². The van der Waals surface area contributed by atoms with E-state index in [4.69, 9.17) is 5.73 Å². The minimum atomic E-state index is -0.670. The van der Waals surface area contributed by atoms with Crippen LogP contribution < -0.4 is 15.4 Å². The third kappa shape index (κ3) is 3.34. The number of nitrogens with two attached hydrogens (primary N) is 1. The number of aromatic nitrogens is 2. The normalized spacial score (nSPS) is 17.0. The number of para-hydroxylation sites is 2. The number of benzene rings is 1. The average Bonchev–Trinajstić information content (AvgIpc) is 2.96. The summed E-state index contributed by atoms with van der Waals surface area (Å²) in [6.07, 6.45) is 0.853. The second-order valence-corrected chi connectivity index (χ2v) is 7.08. The Labute approximate surface area is 137 Å². The van der Waals surface area contributed by atoms with Crippen molar-refractivity contribution in [1.29, 1.82) is 0 Å². The summed E-state index contributed by atoms with van der Waals surface area (Å²) >= 11 is 0. The van der Waals surface area contributed by atoms with Gasteiger partial charge in [0.25, 0.3) is 5.24 Å². The molecule has 2 aromatic rings. The molecule has 2 heterocycles. The van der Waals surface area contributed by atoms with Gasteiger partial charge in [-0.05, 0) is 48.4 Å². The van der Waals surface area contributed by atoms with Gasteiger partial charge in [-0.15, -0.1) is 0 Å². The zero-order valence-electron chi connectivity index (χ0n) is 13.1. The summed E-state index contributed by atoms with van der Waals surface area (Å²) in [5.74, 6) is 1.46. The molecule has 1 aromatic carbocycles. The van der Waals surface area contributed by atoms with E-state index in [1.165, 1.54) is 0 Å². The predicted octanol–water partition coefficient (Wildman–Crippen LogP) is 3.11. The van der Waals surface area contributed by atoms with Crippen molar-refractivity contribution in [2.24, 2.45) is 5.73 Å². The first-order valence-electron chi connectivity index (χ1n) is 7.36. The molecule has 120 valence electrons. The predicted molar refractivity (Wildman–Crippen MR) is 96.4 cm³/mol. The van der Waals surface area contributed by atoms with E-state index in [1.54, 1.807) is 0 Å². The van der Waals surface area contributed by atoms with E-state index in [1.807, 2.05) is 53.9 Å². The summed E-state index contributed by atoms with van der Waals surface area (Å²) < 4.78 is 2.05. The monoisotopic (exact) mass is 329 g/mol. The fourth-order valence-electron chi connectivity index (χ4n) is 2.60. The van der Waals surface area contributed by atoms with Gasteiger partial charge in [0, 0.05) is 18.3 Å². The standard InChI is InChI=1S/C16H19N5OS/c1-11-10-15(19-12(2)18-11)20-13-6-3-4-7-14(13)21-8-5-9-23(21)16(17)22/h3-4,6-7,9-10H,5,8H2,1-2H3,(H2,17,22)(H,18,19,20). The Morgan fingerprint density at radius 1 is 1.30 bits per heavy atom. The van der Waals surface area contributed by atoms with Gasteiger partial charge in [-0.25, -0.2) is 9.97 Å². The highest BCUT2D eigenvalue weighted by molar-refractivity contribution is 8.28. The van der Waals surface area contributed by atoms with Crippen LogP contribution in [0.5, 0.6) is 0 Å². The van der Waals surface area contributed by atoms with Crippen molar-refractivity contribution in [2.45, 2.75) is 20.3 Å². The molecule has 6 nitrogen and oxygen atoms in total. The number of rotatable bonds is 3. The second kappa shape index (κ2) is 6.37. The summed E-state index contributed by atoms with van der Waals surface area (Å²) in [6, 6.07) is 9.77. The first-order chi connectivity index (χ1) is 11.0. The van der Waals surface area contributed by atoms with Crippen molar-refractivity contribution in [3.05, 3.63) is 41.9 Å². The maximum absolute atomic E-state index is 11.7. The SMILES string of the molecule is Cc1cc(Nc2ccccc2N2CCC=S2C(N)=O)nc(C)n1. The van der Waals surface area contributed by atoms with Gasteiger partial charge in [-0.1, -0.05) is 12.1 Å². The van der Waals surface area contributed by atoms with Crippen molar-refractivity contribution >= 4 is 38.5 Å². The fraction of sp³-hybridized carbons (Fsp3) is 0.250. The largest absolute Gasteiger partial charge is 0.360 e. The maximum atomic E-state index is 11.7. The number of nitrogens with zero attached hydrogens (tertiary/aromatic N) is 3. The lowest BCUT2D eigenvalue weighted by atomic mass is 10.2. The first kappa shape index (κ1) is 15.5. The quantitative estimate of drug-likeness (QED) is 0.845. The molecule has 0 aliphatic carbocycles. The average molecular weight is 329 g/mol. The molecule has 1 amide bonds. The zero-order chi connectivity index (χ0) is 16.4. The molecule has 1 aromatic heterocycles. The van der Waals surface area contributed by atoms with Crippen LogP contribution in [0.15, 0.2) is 30.3 Å². The Balaban J connectivity index is 1.95. The second-order valence-electron chi connectivity index (χ2n) is 5.27. The lowest BCUT2D eigenvalue weighted by Gasteiger charge is -2.24. The molecule has 7 heteroatoms. The van der Waals surface area contributed by atoms with Crippen molar-refractivity contribution in [2.75, 3.05) is 16.2 Å². The molecule has 1 atom stereocenters. The third-order valence-electron chi connectivity index (χ3n) is 3.45. The minimum absolute atomic E-state index is 0.300. The van der Waals surface area contributed by atoms with E-state index < -0.39 is 10.7 Å². The van der Waals surface area contributed by atoms with E-state index >= 15 is 0 Å². The van der Waals surface area contributed by atoms with Crippen molar-refractivity contribution in [3.63, 3.8) is 0 Å². The van der Waals surface area contributed by atoms with Crippen molar-refractivity contribution in [1.82, 2.24) is 9.97 Å². The van der Waals surface area contributed by atoms with Gasteiger partial charge in [0.15, 0.2) is 0 Å². The maximum Gasteiger partial charge on any atom is 0.289 e. The van der Waals surface area contributed by atoms with Crippen LogP contribution >= 0.6 is 10.7 Å². The van der Waals surface area contributed by atoms with Crippen LogP contribution in [-0.4, -0.2) is 27.1 Å². The summed E-state index contributed by atoms with van der Waals surface area (Å²) in [5.41, 5.74) is 8.29. The zero-order valence-corrected chi connectivity index (χ0v) is 13.9. The molecule has 1 aliphatic rings. The Morgan fingerprint density at radius 2 is 2.09 bits per heavy atom. The molecule has 3 N–H and O–H groups in total. The van der Waals surface area contributed by atoms with Gasteiger partial charge in [0.1, 0.15) is 11.6 Å². The van der Waals surface area contributed by atoms with E-state index in [9.17, 15) is 4.79 Å². The van der Waals surface area contributed by atoms with Crippen LogP contribution in [0.1, 0.15) is 17.9 Å². The molecule has 0 bridgehead atoms. The Kier molecular flexibility index (Phi) is 4.29. The van der Waals surface area contributed by atoms with Gasteiger partial charge in [0.05, 0.1) is 11.4 Å². The highest BCUT2D eigenvalue weighted by Crippen LogP contribution is 2.37. The Bertz CT molecular complexity index is 770. The molecule has 0 spiro atoms. The number of hydrogen-bond donors (Lipinski definition) is 2. The van der Waals surface area contributed by atoms with Gasteiger partial charge in [-0.2, -0.15) is 0 Å². The Hall–Kier alpha value is -2.41. The number of hydrogen-bond acceptors (Lipinski definition) is 5. The lowest BCUT2D eigenvalue weighted by molar-refractivity contribution is 0.267. The van der Waals surface area contributed by atoms with Gasteiger partial charge >= 0.3 is 0 Å². The molecule has 0 saturated carbocycles. The molecule has 0 fully saturated rings. The summed E-state index contributed by atoms with van der Waals surface area (Å²) in [6.45, 7) is 4.59. The number of nitrogens with one attached hydrogen (secondary N) is 1. The van der Waals surface area contributed by atoms with Crippen LogP contribution in [0, 0.1) is 13.8 Å². The fourth-order valence-corrected chi connectivity index (χ4v) is 4.17. The minimum Gasteiger partial charge on any atom is -0.360 e. The summed E-state index contributed by atoms with van der Waals surface area (Å²) in [4.78, 5) is 20.4. The number of amides is 1. The van der Waals surface area contributed by atoms with Gasteiger partial charge in [-0.3, -0.25) is 4.79 Å². The number of carbonyl (C=O) groups is 1. The van der Waals surface area contributed by atoms with Gasteiger partial charge in [0.2, 0.25) is 0 Å². The van der Waals surface area contributed by atoms with E-state index in [2.05, 4.69) is 15.3 Å². The number of anilines is 3. The lowest BCUT2D eigenvalue weighted by Crippen LogP contribution is -2.21. The molecule has 1 unspecified atom stereocenters. The van der Waals surface area contributed by atoms with Gasteiger partial charge < -0.3 is 15.4 Å². The molecule has 3 rings (SSSR count). The number of primary amides is 1. The van der Waals surface area contributed by atoms with Crippen LogP contribution in [0.25, 0.3) is 0 Å². The summed E-state index contributed by atoms with van der Waals surface area (Å²) in [7, 11) is -0.670. The third-order valence-corrected chi connectivity index (χ3v) is 5.27. The van der Waals surface area contributed by atoms with E-state index in [0.29, 0.717) is 0 Å². The van der Waals surface area contributed by atoms with Crippen molar-refractivity contribution in [3.8, 4) is 0 Å². The van der Waals surface area contributed by atoms with Crippen LogP contribution in [0.3, 0.4) is 0 Å². The highest BCUT2D eigenvalue weighted by Gasteiger charge is 2.22. The molecular formula is C16H19N5OS. The Morgan fingerprint density at radius 3 is 2.83 bits per heavy atom. The van der Waals surface area contributed by atoms with Crippen LogP contribution in [-0.2, 0) is 0 Å². The summed E-state index contributed by atoms with van der Waals surface area (Å²) in [5, 5.41) is 5.02. The van der Waals surface area contributed by atoms with Crippen LogP contribution in [0.2, 0.25) is 0 Å². The number of carbonyl (C=O) groups excluding carboxylic acids is 1. The molecule has 23 heavy (non-hydrogen) atoms. The molecule has 0 radical (unpaired) electrons. The smallest absolute Gasteiger partial charge is 0.289 e. The molecule has 1 aliphatic heterocycles. The highest BCUT2D eigenvalue weighted by atomic mass is 32.2.